The smallest absolute Gasteiger partial charge is 0.390 e. The standard InChI is InChI=1S/C5H6F3IO2/c1-4(9,3(10)11)2-5(6,7)8/h2H2,1H3,(H,10,11). The predicted octanol–water partition coefficient (Wildman–Crippen LogP) is 2.22. The van der Waals surface area contributed by atoms with Gasteiger partial charge in [-0.15, -0.1) is 0 Å². The van der Waals surface area contributed by atoms with Crippen LogP contribution >= 0.6 is 22.6 Å². The lowest BCUT2D eigenvalue weighted by molar-refractivity contribution is -0.156. The van der Waals surface area contributed by atoms with Gasteiger partial charge in [0.05, 0.1) is 6.42 Å². The molecule has 0 radical (unpaired) electrons. The fraction of sp³-hybridized carbons (Fsp3) is 0.800. The third-order valence-corrected chi connectivity index (χ3v) is 1.82. The molecule has 66 valence electrons. The van der Waals surface area contributed by atoms with Gasteiger partial charge in [-0.2, -0.15) is 13.2 Å². The minimum atomic E-state index is -4.42. The molecule has 0 rings (SSSR count). The van der Waals surface area contributed by atoms with E-state index in [1.165, 1.54) is 22.6 Å². The minimum absolute atomic E-state index is 1.03. The maximum absolute atomic E-state index is 11.6. The van der Waals surface area contributed by atoms with Crippen LogP contribution in [0.15, 0.2) is 0 Å². The molecule has 0 aliphatic heterocycles. The SMILES string of the molecule is CC(I)(CC(F)(F)F)C(=O)O. The Hall–Kier alpha value is -0.0100. The van der Waals surface area contributed by atoms with Crippen LogP contribution in [-0.2, 0) is 4.79 Å². The van der Waals surface area contributed by atoms with Crippen molar-refractivity contribution in [3.05, 3.63) is 0 Å². The number of carbonyl (C=O) groups is 1. The van der Waals surface area contributed by atoms with Gasteiger partial charge in [0.25, 0.3) is 0 Å². The monoisotopic (exact) mass is 282 g/mol. The Labute approximate surface area is 74.9 Å². The Kier molecular flexibility index (Phi) is 3.15. The lowest BCUT2D eigenvalue weighted by atomic mass is 10.1. The second-order valence-electron chi connectivity index (χ2n) is 2.29. The van der Waals surface area contributed by atoms with E-state index in [1.54, 1.807) is 0 Å². The zero-order valence-corrected chi connectivity index (χ0v) is 7.73. The van der Waals surface area contributed by atoms with Crippen LogP contribution < -0.4 is 0 Å². The summed E-state index contributed by atoms with van der Waals surface area (Å²) in [6, 6.07) is 0. The first-order valence-electron chi connectivity index (χ1n) is 2.64. The second-order valence-corrected chi connectivity index (χ2v) is 4.68. The first kappa shape index (κ1) is 11.0. The lowest BCUT2D eigenvalue weighted by Gasteiger charge is -2.18. The zero-order valence-electron chi connectivity index (χ0n) is 5.57. The Morgan fingerprint density at radius 1 is 1.55 bits per heavy atom. The van der Waals surface area contributed by atoms with Crippen LogP contribution in [0.5, 0.6) is 0 Å². The summed E-state index contributed by atoms with van der Waals surface area (Å²) in [5.74, 6) is -1.45. The normalized spacial score (nSPS) is 17.5. The molecule has 0 aliphatic rings. The van der Waals surface area contributed by atoms with Gasteiger partial charge in [-0.3, -0.25) is 4.79 Å². The summed E-state index contributed by atoms with van der Waals surface area (Å²) >= 11 is 1.27. The molecule has 0 fully saturated rings. The average Bonchev–Trinajstić information content (AvgIpc) is 1.56. The van der Waals surface area contributed by atoms with Gasteiger partial charge in [0, 0.05) is 0 Å². The van der Waals surface area contributed by atoms with Crippen LogP contribution in [0.4, 0.5) is 13.2 Å². The third kappa shape index (κ3) is 4.44. The van der Waals surface area contributed by atoms with E-state index in [1.807, 2.05) is 0 Å². The van der Waals surface area contributed by atoms with Gasteiger partial charge in [0.15, 0.2) is 0 Å². The number of halogens is 4. The van der Waals surface area contributed by atoms with Crippen molar-refractivity contribution >= 4 is 28.6 Å². The summed E-state index contributed by atoms with van der Waals surface area (Å²) in [6.07, 6.45) is -5.73. The van der Waals surface area contributed by atoms with Crippen molar-refractivity contribution in [2.24, 2.45) is 0 Å². The highest BCUT2D eigenvalue weighted by molar-refractivity contribution is 14.1. The molecular weight excluding hydrogens is 276 g/mol. The molecule has 0 aromatic carbocycles. The molecule has 0 saturated heterocycles. The topological polar surface area (TPSA) is 37.3 Å². The van der Waals surface area contributed by atoms with Gasteiger partial charge < -0.3 is 5.11 Å². The predicted molar refractivity (Wildman–Crippen MR) is 40.7 cm³/mol. The van der Waals surface area contributed by atoms with Crippen molar-refractivity contribution in [2.45, 2.75) is 22.9 Å². The van der Waals surface area contributed by atoms with Crippen molar-refractivity contribution in [2.75, 3.05) is 0 Å². The van der Waals surface area contributed by atoms with E-state index in [0.29, 0.717) is 0 Å². The lowest BCUT2D eigenvalue weighted by Crippen LogP contribution is -2.33. The Morgan fingerprint density at radius 2 is 1.91 bits per heavy atom. The summed E-state index contributed by atoms with van der Waals surface area (Å²) in [7, 11) is 0. The van der Waals surface area contributed by atoms with E-state index in [0.717, 1.165) is 6.92 Å². The molecule has 0 saturated carbocycles. The maximum Gasteiger partial charge on any atom is 0.390 e. The summed E-state index contributed by atoms with van der Waals surface area (Å²) in [5.41, 5.74) is 0. The maximum atomic E-state index is 11.6. The number of aliphatic carboxylic acids is 1. The minimum Gasteiger partial charge on any atom is -0.480 e. The molecule has 0 amide bonds. The van der Waals surface area contributed by atoms with E-state index < -0.39 is 22.0 Å². The highest BCUT2D eigenvalue weighted by Gasteiger charge is 2.42. The summed E-state index contributed by atoms with van der Waals surface area (Å²) in [4.78, 5) is 10.2. The Balaban J connectivity index is 4.25. The van der Waals surface area contributed by atoms with Crippen LogP contribution in [0.2, 0.25) is 0 Å². The first-order chi connectivity index (χ1) is 4.65. The fourth-order valence-corrected chi connectivity index (χ4v) is 0.885. The van der Waals surface area contributed by atoms with Gasteiger partial charge in [-0.1, -0.05) is 22.6 Å². The molecule has 1 N–H and O–H groups in total. The van der Waals surface area contributed by atoms with Crippen LogP contribution in [0, 0.1) is 0 Å². The van der Waals surface area contributed by atoms with Crippen LogP contribution in [0.25, 0.3) is 0 Å². The van der Waals surface area contributed by atoms with Gasteiger partial charge in [0.2, 0.25) is 0 Å². The van der Waals surface area contributed by atoms with Gasteiger partial charge in [0.1, 0.15) is 3.42 Å². The first-order valence-corrected chi connectivity index (χ1v) is 3.72. The molecule has 1 atom stereocenters. The van der Waals surface area contributed by atoms with E-state index in [4.69, 9.17) is 5.11 Å². The van der Waals surface area contributed by atoms with Crippen molar-refractivity contribution in [3.8, 4) is 0 Å². The highest BCUT2D eigenvalue weighted by atomic mass is 127. The molecule has 2 nitrogen and oxygen atoms in total. The van der Waals surface area contributed by atoms with Crippen molar-refractivity contribution in [1.82, 2.24) is 0 Å². The number of alkyl halides is 4. The molecule has 0 aliphatic carbocycles. The average molecular weight is 282 g/mol. The number of hydrogen-bond acceptors (Lipinski definition) is 1. The largest absolute Gasteiger partial charge is 0.480 e. The molecule has 0 spiro atoms. The second kappa shape index (κ2) is 3.16. The summed E-state index contributed by atoms with van der Waals surface area (Å²) in [5, 5.41) is 8.30. The molecule has 0 heterocycles. The Morgan fingerprint density at radius 3 is 2.00 bits per heavy atom. The van der Waals surface area contributed by atoms with Crippen LogP contribution in [0.3, 0.4) is 0 Å². The highest BCUT2D eigenvalue weighted by Crippen LogP contribution is 2.33. The van der Waals surface area contributed by atoms with Gasteiger partial charge >= 0.3 is 12.1 Å². The quantitative estimate of drug-likeness (QED) is 0.623. The molecule has 0 aromatic rings. The van der Waals surface area contributed by atoms with Crippen molar-refractivity contribution in [3.63, 3.8) is 0 Å². The number of hydrogen-bond donors (Lipinski definition) is 1. The van der Waals surface area contributed by atoms with Crippen molar-refractivity contribution < 1.29 is 23.1 Å². The third-order valence-electron chi connectivity index (χ3n) is 0.978. The summed E-state index contributed by atoms with van der Waals surface area (Å²) in [6.45, 7) is 1.03. The number of rotatable bonds is 2. The van der Waals surface area contributed by atoms with Crippen LogP contribution in [-0.4, -0.2) is 20.7 Å². The van der Waals surface area contributed by atoms with Gasteiger partial charge in [-0.05, 0) is 6.92 Å². The molecule has 0 bridgehead atoms. The zero-order chi connectivity index (χ0) is 9.28. The number of carboxylic acid groups (broad SMARTS) is 1. The molecule has 11 heavy (non-hydrogen) atoms. The number of carboxylic acids is 1. The molecule has 0 aromatic heterocycles. The van der Waals surface area contributed by atoms with Crippen LogP contribution in [0.1, 0.15) is 13.3 Å². The fourth-order valence-electron chi connectivity index (χ4n) is 0.452. The van der Waals surface area contributed by atoms with E-state index in [9.17, 15) is 18.0 Å². The molecule has 6 heteroatoms. The molecular formula is C5H6F3IO2. The summed E-state index contributed by atoms with van der Waals surface area (Å²) < 4.78 is 33.2. The van der Waals surface area contributed by atoms with Crippen molar-refractivity contribution in [1.29, 1.82) is 0 Å². The van der Waals surface area contributed by atoms with E-state index in [2.05, 4.69) is 0 Å². The van der Waals surface area contributed by atoms with Gasteiger partial charge in [-0.25, -0.2) is 0 Å². The van der Waals surface area contributed by atoms with E-state index in [-0.39, 0.29) is 0 Å². The van der Waals surface area contributed by atoms with E-state index >= 15 is 0 Å². The molecule has 1 unspecified atom stereocenters. The Bertz CT molecular complexity index is 164.